The molecular formula is C21H32N2O3S. The van der Waals surface area contributed by atoms with Gasteiger partial charge in [-0.15, -0.1) is 0 Å². The lowest BCUT2D eigenvalue weighted by Gasteiger charge is -2.36. The molecule has 2 bridgehead atoms. The first-order valence-corrected chi connectivity index (χ1v) is 12.1. The zero-order valence-electron chi connectivity index (χ0n) is 16.2. The number of hydrogen-bond donors (Lipinski definition) is 0. The van der Waals surface area contributed by atoms with Gasteiger partial charge in [-0.05, 0) is 50.4 Å². The normalized spacial score (nSPS) is 39.8. The third-order valence-electron chi connectivity index (χ3n) is 8.03. The monoisotopic (exact) mass is 392 g/mol. The van der Waals surface area contributed by atoms with Gasteiger partial charge in [0.25, 0.3) is 0 Å². The maximum Gasteiger partial charge on any atom is 0.320 e. The van der Waals surface area contributed by atoms with Gasteiger partial charge >= 0.3 is 5.97 Å². The molecule has 2 aliphatic heterocycles. The molecule has 0 radical (unpaired) electrons. The molecule has 3 aliphatic carbocycles. The summed E-state index contributed by atoms with van der Waals surface area (Å²) in [5.41, 5.74) is -0.111. The molecule has 0 aromatic heterocycles. The molecule has 3 saturated carbocycles. The summed E-state index contributed by atoms with van der Waals surface area (Å²) < 4.78 is 5.90. The summed E-state index contributed by atoms with van der Waals surface area (Å²) in [5, 5.41) is 0. The predicted molar refractivity (Wildman–Crippen MR) is 105 cm³/mol. The van der Waals surface area contributed by atoms with Gasteiger partial charge in [0.15, 0.2) is 0 Å². The number of thioether (sulfide) groups is 1. The highest BCUT2D eigenvalue weighted by Crippen LogP contribution is 2.61. The molecule has 27 heavy (non-hydrogen) atoms. The Hall–Kier alpha value is -0.750. The van der Waals surface area contributed by atoms with E-state index in [1.807, 2.05) is 11.8 Å². The van der Waals surface area contributed by atoms with Crippen molar-refractivity contribution in [3.05, 3.63) is 0 Å². The van der Waals surface area contributed by atoms with Crippen molar-refractivity contribution in [1.29, 1.82) is 0 Å². The molecule has 1 amide bonds. The van der Waals surface area contributed by atoms with E-state index >= 15 is 0 Å². The number of likely N-dealkylation sites (tertiary alicyclic amines) is 1. The Kier molecular flexibility index (Phi) is 4.91. The van der Waals surface area contributed by atoms with Crippen LogP contribution in [0.4, 0.5) is 0 Å². The smallest absolute Gasteiger partial charge is 0.320 e. The van der Waals surface area contributed by atoms with Crippen LogP contribution in [0.2, 0.25) is 0 Å². The summed E-state index contributed by atoms with van der Waals surface area (Å²) in [6, 6.07) is 0.507. The number of amides is 1. The lowest BCUT2D eigenvalue weighted by atomic mass is 9.71. The molecule has 6 heteroatoms. The van der Waals surface area contributed by atoms with E-state index in [9.17, 15) is 9.59 Å². The van der Waals surface area contributed by atoms with E-state index in [-0.39, 0.29) is 17.5 Å². The lowest BCUT2D eigenvalue weighted by Crippen LogP contribution is -2.44. The van der Waals surface area contributed by atoms with Crippen LogP contribution in [0.15, 0.2) is 0 Å². The van der Waals surface area contributed by atoms with Crippen LogP contribution in [0.3, 0.4) is 0 Å². The molecule has 0 N–H and O–H groups in total. The van der Waals surface area contributed by atoms with Gasteiger partial charge in [0.2, 0.25) is 5.91 Å². The van der Waals surface area contributed by atoms with E-state index in [0.717, 1.165) is 56.8 Å². The largest absolute Gasteiger partial charge is 0.461 e. The minimum Gasteiger partial charge on any atom is -0.461 e. The Labute approximate surface area is 166 Å². The van der Waals surface area contributed by atoms with Gasteiger partial charge in [-0.1, -0.05) is 12.8 Å². The predicted octanol–water partition coefficient (Wildman–Crippen LogP) is 2.54. The van der Waals surface area contributed by atoms with Crippen LogP contribution in [0.1, 0.15) is 51.4 Å². The SMILES string of the molecule is O=C(CN1CCSCC1)OC1CC2CC1CC21CCN(C2CCCC2)C1=O. The minimum absolute atomic E-state index is 0.0561. The standard InChI is InChI=1S/C21H32N2O3S/c24-19(14-22-7-9-27-10-8-22)26-18-12-16-11-15(18)13-21(16)5-6-23(20(21)25)17-3-1-2-4-17/h15-18H,1-14H2. The second kappa shape index (κ2) is 7.25. The maximum absolute atomic E-state index is 13.3. The highest BCUT2D eigenvalue weighted by atomic mass is 32.2. The molecule has 4 unspecified atom stereocenters. The molecule has 150 valence electrons. The molecule has 4 atom stereocenters. The molecule has 0 aromatic rings. The fourth-order valence-electron chi connectivity index (χ4n) is 6.63. The van der Waals surface area contributed by atoms with Crippen molar-refractivity contribution < 1.29 is 14.3 Å². The summed E-state index contributed by atoms with van der Waals surface area (Å²) in [4.78, 5) is 30.1. The number of esters is 1. The quantitative estimate of drug-likeness (QED) is 0.688. The van der Waals surface area contributed by atoms with Crippen molar-refractivity contribution >= 4 is 23.6 Å². The van der Waals surface area contributed by atoms with E-state index in [0.29, 0.717) is 30.3 Å². The molecule has 5 rings (SSSR count). The van der Waals surface area contributed by atoms with Gasteiger partial charge in [0.1, 0.15) is 6.10 Å². The van der Waals surface area contributed by atoms with Crippen LogP contribution < -0.4 is 0 Å². The number of nitrogens with zero attached hydrogens (tertiary/aromatic N) is 2. The number of ether oxygens (including phenoxy) is 1. The van der Waals surface area contributed by atoms with Gasteiger partial charge in [-0.2, -0.15) is 11.8 Å². The average Bonchev–Trinajstić information content (AvgIpc) is 3.43. The maximum atomic E-state index is 13.3. The third-order valence-corrected chi connectivity index (χ3v) is 8.97. The summed E-state index contributed by atoms with van der Waals surface area (Å²) in [6.45, 7) is 3.38. The van der Waals surface area contributed by atoms with Gasteiger partial charge in [-0.3, -0.25) is 14.5 Å². The Morgan fingerprint density at radius 1 is 1.15 bits per heavy atom. The van der Waals surface area contributed by atoms with E-state index in [1.54, 1.807) is 0 Å². The molecule has 5 fully saturated rings. The van der Waals surface area contributed by atoms with Crippen molar-refractivity contribution in [2.24, 2.45) is 17.3 Å². The zero-order chi connectivity index (χ0) is 18.4. The second-order valence-electron chi connectivity index (χ2n) is 9.39. The van der Waals surface area contributed by atoms with Gasteiger partial charge in [-0.25, -0.2) is 0 Å². The van der Waals surface area contributed by atoms with Crippen LogP contribution in [-0.2, 0) is 14.3 Å². The topological polar surface area (TPSA) is 49.9 Å². The molecule has 2 saturated heterocycles. The number of fused-ring (bicyclic) bond motifs is 3. The number of hydrogen-bond acceptors (Lipinski definition) is 5. The van der Waals surface area contributed by atoms with Gasteiger partial charge in [0.05, 0.1) is 12.0 Å². The minimum atomic E-state index is -0.111. The second-order valence-corrected chi connectivity index (χ2v) is 10.6. The summed E-state index contributed by atoms with van der Waals surface area (Å²) in [6.07, 6.45) is 9.01. The summed E-state index contributed by atoms with van der Waals surface area (Å²) in [7, 11) is 0. The van der Waals surface area contributed by atoms with Crippen molar-refractivity contribution in [3.8, 4) is 0 Å². The lowest BCUT2D eigenvalue weighted by molar-refractivity contribution is -0.155. The number of carbonyl (C=O) groups excluding carboxylic acids is 2. The molecule has 0 aromatic carbocycles. The zero-order valence-corrected chi connectivity index (χ0v) is 17.1. The molecule has 5 nitrogen and oxygen atoms in total. The van der Waals surface area contributed by atoms with Crippen LogP contribution in [0.5, 0.6) is 0 Å². The van der Waals surface area contributed by atoms with Crippen LogP contribution >= 0.6 is 11.8 Å². The Morgan fingerprint density at radius 2 is 1.93 bits per heavy atom. The van der Waals surface area contributed by atoms with Crippen LogP contribution in [0, 0.1) is 17.3 Å². The van der Waals surface area contributed by atoms with Crippen molar-refractivity contribution in [3.63, 3.8) is 0 Å². The first kappa shape index (κ1) is 18.3. The van der Waals surface area contributed by atoms with E-state index in [1.165, 1.54) is 25.7 Å². The number of carbonyl (C=O) groups is 2. The van der Waals surface area contributed by atoms with Crippen LogP contribution in [-0.4, -0.2) is 71.5 Å². The van der Waals surface area contributed by atoms with E-state index in [2.05, 4.69) is 9.80 Å². The Bertz CT molecular complexity index is 602. The third kappa shape index (κ3) is 3.21. The average molecular weight is 393 g/mol. The van der Waals surface area contributed by atoms with Crippen molar-refractivity contribution in [2.75, 3.05) is 37.7 Å². The Balaban J connectivity index is 1.17. The van der Waals surface area contributed by atoms with E-state index < -0.39 is 0 Å². The van der Waals surface area contributed by atoms with E-state index in [4.69, 9.17) is 4.74 Å². The fourth-order valence-corrected chi connectivity index (χ4v) is 7.60. The molecule has 2 heterocycles. The first-order chi connectivity index (χ1) is 13.2. The highest BCUT2D eigenvalue weighted by molar-refractivity contribution is 7.99. The molecule has 1 spiro atoms. The van der Waals surface area contributed by atoms with Gasteiger partial charge < -0.3 is 9.64 Å². The Morgan fingerprint density at radius 3 is 2.63 bits per heavy atom. The summed E-state index contributed by atoms with van der Waals surface area (Å²) >= 11 is 1.96. The number of rotatable bonds is 4. The molecular weight excluding hydrogens is 360 g/mol. The first-order valence-electron chi connectivity index (χ1n) is 11.0. The van der Waals surface area contributed by atoms with Crippen molar-refractivity contribution in [1.82, 2.24) is 9.80 Å². The van der Waals surface area contributed by atoms with Gasteiger partial charge in [0, 0.05) is 37.2 Å². The highest BCUT2D eigenvalue weighted by Gasteiger charge is 2.63. The van der Waals surface area contributed by atoms with Crippen LogP contribution in [0.25, 0.3) is 0 Å². The fraction of sp³-hybridized carbons (Fsp3) is 0.905. The van der Waals surface area contributed by atoms with Crippen molar-refractivity contribution in [2.45, 2.75) is 63.5 Å². The molecule has 5 aliphatic rings. The summed E-state index contributed by atoms with van der Waals surface area (Å²) in [5.74, 6) is 3.46.